The van der Waals surface area contributed by atoms with E-state index in [9.17, 15) is 22.8 Å². The van der Waals surface area contributed by atoms with Crippen molar-refractivity contribution in [2.45, 2.75) is 45.7 Å². The van der Waals surface area contributed by atoms with E-state index in [0.717, 1.165) is 38.5 Å². The molecule has 2 N–H and O–H groups in total. The van der Waals surface area contributed by atoms with Crippen LogP contribution in [0.25, 0.3) is 0 Å². The number of halogens is 5. The summed E-state index contributed by atoms with van der Waals surface area (Å²) in [6.07, 6.45) is -2.04. The lowest BCUT2D eigenvalue weighted by Crippen LogP contribution is -2.47. The Bertz CT molecular complexity index is 808. The molecule has 3 rings (SSSR count). The molecular formula is C22H33Cl2F3N4O2. The van der Waals surface area contributed by atoms with Crippen molar-refractivity contribution in [1.29, 1.82) is 0 Å². The van der Waals surface area contributed by atoms with Crippen LogP contribution in [-0.2, 0) is 15.8 Å². The second-order valence-electron chi connectivity index (χ2n) is 9.26. The van der Waals surface area contributed by atoms with Gasteiger partial charge in [-0.1, -0.05) is 13.8 Å². The molecule has 2 saturated heterocycles. The van der Waals surface area contributed by atoms with Gasteiger partial charge in [-0.05, 0) is 43.0 Å². The zero-order valence-electron chi connectivity index (χ0n) is 19.0. The van der Waals surface area contributed by atoms with E-state index in [1.165, 1.54) is 11.0 Å². The third-order valence-electron chi connectivity index (χ3n) is 6.05. The Morgan fingerprint density at radius 3 is 2.03 bits per heavy atom. The van der Waals surface area contributed by atoms with Crippen LogP contribution in [0.5, 0.6) is 0 Å². The van der Waals surface area contributed by atoms with Gasteiger partial charge in [0.2, 0.25) is 11.8 Å². The Balaban J connectivity index is 0.00000272. The van der Waals surface area contributed by atoms with Gasteiger partial charge in [0.25, 0.3) is 0 Å². The molecule has 1 aromatic rings. The number of amides is 2. The van der Waals surface area contributed by atoms with Crippen LogP contribution in [0.4, 0.5) is 24.5 Å². The average Bonchev–Trinajstić information content (AvgIpc) is 2.66. The molecule has 2 amide bonds. The number of anilines is 2. The number of rotatable bonds is 6. The normalized spacial score (nSPS) is 19.2. The summed E-state index contributed by atoms with van der Waals surface area (Å²) in [6, 6.07) is 4.07. The highest BCUT2D eigenvalue weighted by molar-refractivity contribution is 5.98. The Morgan fingerprint density at radius 2 is 1.48 bits per heavy atom. The van der Waals surface area contributed by atoms with E-state index in [2.05, 4.69) is 4.90 Å². The zero-order valence-corrected chi connectivity index (χ0v) is 20.6. The van der Waals surface area contributed by atoms with Gasteiger partial charge in [0.1, 0.15) is 0 Å². The van der Waals surface area contributed by atoms with Crippen molar-refractivity contribution in [1.82, 2.24) is 9.80 Å². The molecule has 0 saturated carbocycles. The van der Waals surface area contributed by atoms with E-state index in [0.29, 0.717) is 38.2 Å². The predicted octanol–water partition coefficient (Wildman–Crippen LogP) is 4.21. The molecule has 2 aliphatic heterocycles. The molecule has 0 unspecified atom stereocenters. The van der Waals surface area contributed by atoms with Gasteiger partial charge in [-0.2, -0.15) is 13.2 Å². The fourth-order valence-electron chi connectivity index (χ4n) is 4.28. The number of hydrogen-bond donors (Lipinski definition) is 1. The summed E-state index contributed by atoms with van der Waals surface area (Å²) in [4.78, 5) is 30.0. The smallest absolute Gasteiger partial charge is 0.398 e. The minimum absolute atomic E-state index is 0. The molecule has 0 atom stereocenters. The third kappa shape index (κ3) is 7.65. The highest BCUT2D eigenvalue weighted by atomic mass is 35.5. The summed E-state index contributed by atoms with van der Waals surface area (Å²) in [6.45, 7) is 7.95. The molecule has 0 bridgehead atoms. The highest BCUT2D eigenvalue weighted by Crippen LogP contribution is 2.36. The van der Waals surface area contributed by atoms with E-state index in [1.807, 2.05) is 18.7 Å². The lowest BCUT2D eigenvalue weighted by Gasteiger charge is -2.37. The number of likely N-dealkylation sites (tertiary alicyclic amines) is 1. The average molecular weight is 513 g/mol. The Morgan fingerprint density at radius 1 is 0.939 bits per heavy atom. The van der Waals surface area contributed by atoms with Gasteiger partial charge in [0.05, 0.1) is 5.56 Å². The molecule has 1 aromatic carbocycles. The summed E-state index contributed by atoms with van der Waals surface area (Å²) in [5.74, 6) is -0.173. The molecule has 2 aliphatic rings. The molecular weight excluding hydrogens is 480 g/mol. The number of unbranched alkanes of at least 4 members (excludes halogenated alkanes) is 1. The van der Waals surface area contributed by atoms with Crippen LogP contribution in [0.15, 0.2) is 18.2 Å². The summed E-state index contributed by atoms with van der Waals surface area (Å²) in [5, 5.41) is 0. The van der Waals surface area contributed by atoms with Crippen LogP contribution in [0.3, 0.4) is 0 Å². The highest BCUT2D eigenvalue weighted by Gasteiger charge is 2.37. The number of benzene rings is 1. The maximum atomic E-state index is 13.1. The first-order valence-corrected chi connectivity index (χ1v) is 10.7. The number of carbonyl (C=O) groups excluding carboxylic acids is 2. The number of hydrogen-bond acceptors (Lipinski definition) is 5. The fourth-order valence-corrected chi connectivity index (χ4v) is 4.28. The minimum atomic E-state index is -4.46. The standard InChI is InChI=1S/C22H31F3N4O2.2ClH/c1-21(2)14-19(30)29(20(31)15-21)8-4-3-7-27-9-11-28(12-10-27)16-5-6-18(26)17(13-16)22(23,24)25;;/h5-6,13H,3-4,7-12,14-15,26H2,1-2H3;2*1H. The van der Waals surface area contributed by atoms with E-state index in [1.54, 1.807) is 6.07 Å². The lowest BCUT2D eigenvalue weighted by molar-refractivity contribution is -0.152. The Hall–Kier alpha value is -1.71. The molecule has 6 nitrogen and oxygen atoms in total. The second-order valence-corrected chi connectivity index (χ2v) is 9.26. The second kappa shape index (κ2) is 11.6. The quantitative estimate of drug-likeness (QED) is 0.351. The Kier molecular flexibility index (Phi) is 10.3. The lowest BCUT2D eigenvalue weighted by atomic mass is 9.82. The first-order chi connectivity index (χ1) is 14.5. The molecule has 188 valence electrons. The van der Waals surface area contributed by atoms with Crippen LogP contribution in [-0.4, -0.2) is 60.9 Å². The van der Waals surface area contributed by atoms with Gasteiger partial charge in [-0.25, -0.2) is 0 Å². The molecule has 2 heterocycles. The first kappa shape index (κ1) is 29.3. The van der Waals surface area contributed by atoms with Gasteiger partial charge < -0.3 is 10.6 Å². The molecule has 0 spiro atoms. The van der Waals surface area contributed by atoms with E-state index in [4.69, 9.17) is 5.73 Å². The number of alkyl halides is 3. The molecule has 0 aromatic heterocycles. The molecule has 0 radical (unpaired) electrons. The largest absolute Gasteiger partial charge is 0.418 e. The van der Waals surface area contributed by atoms with Crippen molar-refractivity contribution in [3.63, 3.8) is 0 Å². The fraction of sp³-hybridized carbons (Fsp3) is 0.636. The molecule has 11 heteroatoms. The number of piperidine rings is 1. The van der Waals surface area contributed by atoms with Gasteiger partial charge >= 0.3 is 6.18 Å². The first-order valence-electron chi connectivity index (χ1n) is 10.7. The Labute approximate surface area is 205 Å². The molecule has 0 aliphatic carbocycles. The van der Waals surface area contributed by atoms with Crippen LogP contribution < -0.4 is 10.6 Å². The summed E-state index contributed by atoms with van der Waals surface area (Å²) >= 11 is 0. The maximum absolute atomic E-state index is 13.1. The van der Waals surface area contributed by atoms with E-state index < -0.39 is 11.7 Å². The molecule has 2 fully saturated rings. The van der Waals surface area contributed by atoms with Crippen LogP contribution in [0.2, 0.25) is 0 Å². The maximum Gasteiger partial charge on any atom is 0.418 e. The van der Waals surface area contributed by atoms with Crippen molar-refractivity contribution in [3.8, 4) is 0 Å². The van der Waals surface area contributed by atoms with Crippen LogP contribution in [0, 0.1) is 5.41 Å². The van der Waals surface area contributed by atoms with Crippen molar-refractivity contribution in [2.75, 3.05) is 49.9 Å². The van der Waals surface area contributed by atoms with E-state index in [-0.39, 0.29) is 47.7 Å². The number of carbonyl (C=O) groups is 2. The monoisotopic (exact) mass is 512 g/mol. The van der Waals surface area contributed by atoms with Crippen molar-refractivity contribution in [3.05, 3.63) is 23.8 Å². The van der Waals surface area contributed by atoms with E-state index >= 15 is 0 Å². The SMILES string of the molecule is CC1(C)CC(=O)N(CCCCN2CCN(c3ccc(N)c(C(F)(F)F)c3)CC2)C(=O)C1.Cl.Cl. The topological polar surface area (TPSA) is 69.9 Å². The zero-order chi connectivity index (χ0) is 22.8. The van der Waals surface area contributed by atoms with Gasteiger partial charge in [0, 0.05) is 56.9 Å². The number of nitrogens with two attached hydrogens (primary N) is 1. The van der Waals surface area contributed by atoms with Gasteiger partial charge in [-0.15, -0.1) is 24.8 Å². The number of imide groups is 1. The number of nitrogen functional groups attached to an aromatic ring is 1. The van der Waals surface area contributed by atoms with Crippen LogP contribution in [0.1, 0.15) is 45.1 Å². The van der Waals surface area contributed by atoms with Crippen molar-refractivity contribution in [2.24, 2.45) is 5.41 Å². The van der Waals surface area contributed by atoms with Crippen molar-refractivity contribution >= 4 is 48.0 Å². The number of piperazine rings is 1. The summed E-state index contributed by atoms with van der Waals surface area (Å²) in [5.41, 5.74) is 4.71. The van der Waals surface area contributed by atoms with Crippen molar-refractivity contribution < 1.29 is 22.8 Å². The van der Waals surface area contributed by atoms with Gasteiger partial charge in [-0.3, -0.25) is 19.4 Å². The van der Waals surface area contributed by atoms with Gasteiger partial charge in [0.15, 0.2) is 0 Å². The minimum Gasteiger partial charge on any atom is -0.398 e. The third-order valence-corrected chi connectivity index (χ3v) is 6.05. The summed E-state index contributed by atoms with van der Waals surface area (Å²) in [7, 11) is 0. The number of nitrogens with zero attached hydrogens (tertiary/aromatic N) is 3. The van der Waals surface area contributed by atoms with Crippen LogP contribution >= 0.6 is 24.8 Å². The summed E-state index contributed by atoms with van der Waals surface area (Å²) < 4.78 is 39.3. The predicted molar refractivity (Wildman–Crippen MR) is 128 cm³/mol. The molecule has 33 heavy (non-hydrogen) atoms.